The van der Waals surface area contributed by atoms with Crippen LogP contribution >= 0.6 is 35.3 Å². The molecule has 0 saturated heterocycles. The van der Waals surface area contributed by atoms with Gasteiger partial charge >= 0.3 is 0 Å². The Balaban J connectivity index is 1.24. The number of rotatable bonds is 10. The highest BCUT2D eigenvalue weighted by molar-refractivity contribution is 7.99. The maximum atomic E-state index is 4.64. The van der Waals surface area contributed by atoms with Gasteiger partial charge in [0, 0.05) is 29.6 Å². The fourth-order valence-corrected chi connectivity index (χ4v) is 5.71. The summed E-state index contributed by atoms with van der Waals surface area (Å²) in [6.07, 6.45) is 4.22. The smallest absolute Gasteiger partial charge is 0.209 e. The summed E-state index contributed by atoms with van der Waals surface area (Å²) in [4.78, 5) is 13.9. The molecular formula is C20H23N7S3. The Hall–Kier alpha value is -2.04. The minimum absolute atomic E-state index is 0.808. The SMILES string of the molecule is Cc1c(SCCCCSc2nnnn2C)ccnc1CSc1nc2ccccc2[nH]1. The molecule has 3 aromatic heterocycles. The highest BCUT2D eigenvalue weighted by Gasteiger charge is 2.09. The summed E-state index contributed by atoms with van der Waals surface area (Å²) in [5.41, 5.74) is 4.46. The van der Waals surface area contributed by atoms with E-state index in [0.717, 1.165) is 57.1 Å². The van der Waals surface area contributed by atoms with Crippen molar-refractivity contribution >= 4 is 46.3 Å². The zero-order valence-electron chi connectivity index (χ0n) is 16.9. The van der Waals surface area contributed by atoms with Crippen molar-refractivity contribution in [1.29, 1.82) is 0 Å². The van der Waals surface area contributed by atoms with Crippen LogP contribution in [0.15, 0.2) is 51.7 Å². The molecule has 30 heavy (non-hydrogen) atoms. The number of para-hydroxylation sites is 2. The predicted octanol–water partition coefficient (Wildman–Crippen LogP) is 4.75. The van der Waals surface area contributed by atoms with Gasteiger partial charge in [0.15, 0.2) is 5.16 Å². The topological polar surface area (TPSA) is 85.2 Å². The second-order valence-electron chi connectivity index (χ2n) is 6.72. The van der Waals surface area contributed by atoms with Crippen molar-refractivity contribution in [3.05, 3.63) is 47.8 Å². The second kappa shape index (κ2) is 10.3. The first-order valence-corrected chi connectivity index (χ1v) is 12.7. The number of pyridine rings is 1. The van der Waals surface area contributed by atoms with Crippen molar-refractivity contribution in [2.75, 3.05) is 11.5 Å². The van der Waals surface area contributed by atoms with Crippen molar-refractivity contribution in [3.8, 4) is 0 Å². The second-order valence-corrected chi connectivity index (χ2v) is 9.88. The molecule has 1 aromatic carbocycles. The highest BCUT2D eigenvalue weighted by atomic mass is 32.2. The number of aromatic amines is 1. The van der Waals surface area contributed by atoms with E-state index in [4.69, 9.17) is 0 Å². The summed E-state index contributed by atoms with van der Waals surface area (Å²) in [6.45, 7) is 2.17. The molecule has 3 heterocycles. The van der Waals surface area contributed by atoms with E-state index in [-0.39, 0.29) is 0 Å². The van der Waals surface area contributed by atoms with E-state index in [1.165, 1.54) is 10.5 Å². The largest absolute Gasteiger partial charge is 0.333 e. The molecule has 0 atom stereocenters. The highest BCUT2D eigenvalue weighted by Crippen LogP contribution is 2.29. The van der Waals surface area contributed by atoms with Crippen LogP contribution in [0.1, 0.15) is 24.1 Å². The Morgan fingerprint density at radius 1 is 1.03 bits per heavy atom. The third-order valence-electron chi connectivity index (χ3n) is 4.58. The Kier molecular flexibility index (Phi) is 7.29. The first-order valence-electron chi connectivity index (χ1n) is 9.70. The number of fused-ring (bicyclic) bond motifs is 1. The zero-order valence-corrected chi connectivity index (χ0v) is 19.4. The van der Waals surface area contributed by atoms with Gasteiger partial charge in [-0.25, -0.2) is 9.67 Å². The molecule has 0 aliphatic rings. The van der Waals surface area contributed by atoms with Gasteiger partial charge in [-0.2, -0.15) is 0 Å². The summed E-state index contributed by atoms with van der Waals surface area (Å²) in [7, 11) is 1.87. The molecule has 0 aliphatic heterocycles. The monoisotopic (exact) mass is 457 g/mol. The minimum Gasteiger partial charge on any atom is -0.333 e. The first-order chi connectivity index (χ1) is 14.7. The molecule has 0 unspecified atom stereocenters. The molecule has 0 amide bonds. The quantitative estimate of drug-likeness (QED) is 0.270. The van der Waals surface area contributed by atoms with Gasteiger partial charge in [-0.05, 0) is 59.7 Å². The lowest BCUT2D eigenvalue weighted by atomic mass is 10.2. The number of aryl methyl sites for hydroxylation is 1. The third kappa shape index (κ3) is 5.35. The standard InChI is InChI=1S/C20H23N7S3/c1-14-17(13-30-19-22-15-7-3-4-8-16(15)23-19)21-10-9-18(14)28-11-5-6-12-29-20-24-25-26-27(20)2/h3-4,7-10H,5-6,11-13H2,1-2H3,(H,22,23). The predicted molar refractivity (Wildman–Crippen MR) is 124 cm³/mol. The van der Waals surface area contributed by atoms with Gasteiger partial charge in [0.1, 0.15) is 0 Å². The molecule has 4 aromatic rings. The number of nitrogens with zero attached hydrogens (tertiary/aromatic N) is 6. The van der Waals surface area contributed by atoms with Gasteiger partial charge < -0.3 is 4.98 Å². The van der Waals surface area contributed by atoms with Crippen LogP contribution in [0.3, 0.4) is 0 Å². The average Bonchev–Trinajstić information content (AvgIpc) is 3.36. The molecule has 0 spiro atoms. The van der Waals surface area contributed by atoms with Crippen molar-refractivity contribution in [2.45, 2.75) is 40.7 Å². The Bertz CT molecular complexity index is 1080. The van der Waals surface area contributed by atoms with E-state index in [0.29, 0.717) is 0 Å². The number of nitrogens with one attached hydrogen (secondary N) is 1. The maximum Gasteiger partial charge on any atom is 0.209 e. The van der Waals surface area contributed by atoms with Gasteiger partial charge in [0.25, 0.3) is 0 Å². The molecule has 0 radical (unpaired) electrons. The van der Waals surface area contributed by atoms with Crippen molar-refractivity contribution in [3.63, 3.8) is 0 Å². The van der Waals surface area contributed by atoms with E-state index >= 15 is 0 Å². The molecule has 10 heteroatoms. The molecular weight excluding hydrogens is 434 g/mol. The number of tetrazole rings is 1. The number of imidazole rings is 1. The summed E-state index contributed by atoms with van der Waals surface area (Å²) >= 11 is 5.32. The van der Waals surface area contributed by atoms with Crippen LogP contribution in [0, 0.1) is 6.92 Å². The van der Waals surface area contributed by atoms with E-state index < -0.39 is 0 Å². The molecule has 0 aliphatic carbocycles. The van der Waals surface area contributed by atoms with Gasteiger partial charge in [-0.1, -0.05) is 35.7 Å². The van der Waals surface area contributed by atoms with Crippen LogP contribution in [0.2, 0.25) is 0 Å². The summed E-state index contributed by atoms with van der Waals surface area (Å²) in [5, 5.41) is 13.3. The normalized spacial score (nSPS) is 11.4. The van der Waals surface area contributed by atoms with Crippen LogP contribution in [0.25, 0.3) is 11.0 Å². The number of H-pyrrole nitrogens is 1. The number of thioether (sulfide) groups is 3. The molecule has 156 valence electrons. The van der Waals surface area contributed by atoms with Gasteiger partial charge in [-0.15, -0.1) is 16.9 Å². The van der Waals surface area contributed by atoms with E-state index in [1.54, 1.807) is 28.2 Å². The van der Waals surface area contributed by atoms with Gasteiger partial charge in [-0.3, -0.25) is 4.98 Å². The number of unbranched alkanes of at least 4 members (excludes halogenated alkanes) is 1. The fraction of sp³-hybridized carbons (Fsp3) is 0.350. The molecule has 0 bridgehead atoms. The Morgan fingerprint density at radius 3 is 2.67 bits per heavy atom. The van der Waals surface area contributed by atoms with Crippen LogP contribution < -0.4 is 0 Å². The number of aromatic nitrogens is 7. The fourth-order valence-electron chi connectivity index (χ4n) is 2.89. The third-order valence-corrected chi connectivity index (χ3v) is 7.81. The lowest BCUT2D eigenvalue weighted by molar-refractivity contribution is 0.664. The van der Waals surface area contributed by atoms with Crippen molar-refractivity contribution in [2.24, 2.45) is 7.05 Å². The van der Waals surface area contributed by atoms with Crippen LogP contribution in [-0.2, 0) is 12.8 Å². The number of hydrogen-bond acceptors (Lipinski definition) is 8. The minimum atomic E-state index is 0.808. The summed E-state index contributed by atoms with van der Waals surface area (Å²) < 4.78 is 1.71. The number of benzene rings is 1. The Morgan fingerprint density at radius 2 is 1.87 bits per heavy atom. The van der Waals surface area contributed by atoms with Crippen LogP contribution in [-0.4, -0.2) is 46.7 Å². The lowest BCUT2D eigenvalue weighted by Crippen LogP contribution is -1.95. The maximum absolute atomic E-state index is 4.64. The zero-order chi connectivity index (χ0) is 20.8. The molecule has 7 nitrogen and oxygen atoms in total. The van der Waals surface area contributed by atoms with E-state index in [9.17, 15) is 0 Å². The summed E-state index contributed by atoms with van der Waals surface area (Å²) in [5.74, 6) is 2.94. The van der Waals surface area contributed by atoms with Crippen molar-refractivity contribution < 1.29 is 0 Å². The van der Waals surface area contributed by atoms with Gasteiger partial charge in [0.2, 0.25) is 5.16 Å². The summed E-state index contributed by atoms with van der Waals surface area (Å²) in [6, 6.07) is 10.2. The number of hydrogen-bond donors (Lipinski definition) is 1. The lowest BCUT2D eigenvalue weighted by Gasteiger charge is -2.09. The van der Waals surface area contributed by atoms with Gasteiger partial charge in [0.05, 0.1) is 16.7 Å². The van der Waals surface area contributed by atoms with Crippen molar-refractivity contribution in [1.82, 2.24) is 35.2 Å². The van der Waals surface area contributed by atoms with E-state index in [2.05, 4.69) is 49.5 Å². The van der Waals surface area contributed by atoms with E-state index in [1.807, 2.05) is 43.2 Å². The molecule has 1 N–H and O–H groups in total. The van der Waals surface area contributed by atoms with Crippen LogP contribution in [0.5, 0.6) is 0 Å². The molecule has 4 rings (SSSR count). The molecule has 0 fully saturated rings. The molecule has 0 saturated carbocycles. The Labute approximate surface area is 188 Å². The van der Waals surface area contributed by atoms with Crippen LogP contribution in [0.4, 0.5) is 0 Å². The average molecular weight is 458 g/mol. The first kappa shape index (κ1) is 21.2.